The van der Waals surface area contributed by atoms with Crippen molar-refractivity contribution in [1.82, 2.24) is 0 Å². The summed E-state index contributed by atoms with van der Waals surface area (Å²) >= 11 is 6.27. The van der Waals surface area contributed by atoms with Crippen molar-refractivity contribution in [2.45, 2.75) is 45.3 Å². The van der Waals surface area contributed by atoms with Gasteiger partial charge in [0.15, 0.2) is 6.29 Å². The van der Waals surface area contributed by atoms with Crippen LogP contribution >= 0.6 is 11.6 Å². The van der Waals surface area contributed by atoms with E-state index in [2.05, 4.69) is 0 Å². The highest BCUT2D eigenvalue weighted by molar-refractivity contribution is 6.32. The number of hydrogen-bond donors (Lipinski definition) is 0. The summed E-state index contributed by atoms with van der Waals surface area (Å²) in [6, 6.07) is 3.78. The van der Waals surface area contributed by atoms with Crippen LogP contribution in [-0.2, 0) is 20.7 Å². The van der Waals surface area contributed by atoms with Crippen LogP contribution in [0, 0.1) is 5.92 Å². The largest absolute Gasteiger partial charge is 0.495 e. The lowest BCUT2D eigenvalue weighted by atomic mass is 10.0. The normalized spacial score (nSPS) is 24.0. The number of amides is 1. The summed E-state index contributed by atoms with van der Waals surface area (Å²) in [7, 11) is 1.59. The molecule has 25 heavy (non-hydrogen) atoms. The molecule has 1 saturated heterocycles. The van der Waals surface area contributed by atoms with Crippen molar-refractivity contribution < 1.29 is 19.0 Å². The number of hydrogen-bond acceptors (Lipinski definition) is 4. The molecule has 138 valence electrons. The number of aryl methyl sites for hydroxylation is 1. The van der Waals surface area contributed by atoms with E-state index in [1.807, 2.05) is 24.0 Å². The number of halogens is 1. The summed E-state index contributed by atoms with van der Waals surface area (Å²) in [5.74, 6) is 0.684. The highest BCUT2D eigenvalue weighted by Crippen LogP contribution is 2.37. The molecule has 0 saturated carbocycles. The van der Waals surface area contributed by atoms with Gasteiger partial charge in [0.2, 0.25) is 5.91 Å². The van der Waals surface area contributed by atoms with E-state index in [9.17, 15) is 4.79 Å². The van der Waals surface area contributed by atoms with Gasteiger partial charge in [0.05, 0.1) is 24.4 Å². The first-order chi connectivity index (χ1) is 12.1. The van der Waals surface area contributed by atoms with E-state index in [0.29, 0.717) is 23.9 Å². The smallest absolute Gasteiger partial charge is 0.229 e. The fraction of sp³-hybridized carbons (Fsp3) is 0.632. The van der Waals surface area contributed by atoms with Crippen molar-refractivity contribution in [1.29, 1.82) is 0 Å². The van der Waals surface area contributed by atoms with Gasteiger partial charge >= 0.3 is 0 Å². The quantitative estimate of drug-likeness (QED) is 0.794. The molecule has 5 nitrogen and oxygen atoms in total. The molecule has 2 aliphatic rings. The Kier molecular flexibility index (Phi) is 6.20. The molecule has 2 unspecified atom stereocenters. The van der Waals surface area contributed by atoms with Gasteiger partial charge in [0.1, 0.15) is 5.75 Å². The first-order valence-corrected chi connectivity index (χ1v) is 9.39. The molecular weight excluding hydrogens is 342 g/mol. The van der Waals surface area contributed by atoms with Crippen LogP contribution in [-0.4, -0.2) is 39.1 Å². The first kappa shape index (κ1) is 18.5. The van der Waals surface area contributed by atoms with Crippen molar-refractivity contribution in [2.24, 2.45) is 5.92 Å². The molecule has 1 aromatic rings. The van der Waals surface area contributed by atoms with Gasteiger partial charge in [-0.15, -0.1) is 0 Å². The number of methoxy groups -OCH3 is 1. The lowest BCUT2D eigenvalue weighted by Gasteiger charge is -2.27. The molecule has 1 amide bonds. The molecule has 0 aliphatic carbocycles. The monoisotopic (exact) mass is 367 g/mol. The van der Waals surface area contributed by atoms with Crippen LogP contribution in [0.25, 0.3) is 0 Å². The average Bonchev–Trinajstić information content (AvgIpc) is 2.74. The third kappa shape index (κ3) is 4.27. The van der Waals surface area contributed by atoms with Gasteiger partial charge in [-0.2, -0.15) is 0 Å². The summed E-state index contributed by atoms with van der Waals surface area (Å²) in [4.78, 5) is 14.7. The summed E-state index contributed by atoms with van der Waals surface area (Å²) in [6.07, 6.45) is 4.64. The number of benzene rings is 1. The molecular formula is C19H26ClNO4. The molecule has 2 aliphatic heterocycles. The van der Waals surface area contributed by atoms with Crippen LogP contribution < -0.4 is 9.64 Å². The molecule has 0 aromatic heterocycles. The Balaban J connectivity index is 1.76. The predicted molar refractivity (Wildman–Crippen MR) is 97.4 cm³/mol. The molecule has 1 aromatic carbocycles. The molecule has 0 radical (unpaired) electrons. The molecule has 2 atom stereocenters. The lowest BCUT2D eigenvalue weighted by molar-refractivity contribution is -0.161. The number of carbonyl (C=O) groups is 1. The fourth-order valence-electron chi connectivity index (χ4n) is 3.42. The molecule has 3 rings (SSSR count). The zero-order valence-corrected chi connectivity index (χ0v) is 15.7. The second-order valence-corrected chi connectivity index (χ2v) is 7.12. The molecule has 2 heterocycles. The van der Waals surface area contributed by atoms with Gasteiger partial charge in [-0.3, -0.25) is 4.79 Å². The Bertz CT molecular complexity index is 616. The van der Waals surface area contributed by atoms with Crippen LogP contribution in [0.2, 0.25) is 5.02 Å². The van der Waals surface area contributed by atoms with Gasteiger partial charge in [0, 0.05) is 25.1 Å². The fourth-order valence-corrected chi connectivity index (χ4v) is 3.68. The molecule has 1 fully saturated rings. The maximum absolute atomic E-state index is 12.8. The summed E-state index contributed by atoms with van der Waals surface area (Å²) < 4.78 is 16.8. The van der Waals surface area contributed by atoms with Crippen molar-refractivity contribution in [3.63, 3.8) is 0 Å². The minimum absolute atomic E-state index is 0.0249. The van der Waals surface area contributed by atoms with Gasteiger partial charge < -0.3 is 19.1 Å². The second-order valence-electron chi connectivity index (χ2n) is 6.71. The third-order valence-corrected chi connectivity index (χ3v) is 5.23. The van der Waals surface area contributed by atoms with Crippen molar-refractivity contribution >= 4 is 23.2 Å². The number of carbonyl (C=O) groups excluding carboxylic acids is 1. The second kappa shape index (κ2) is 8.39. The molecule has 0 bridgehead atoms. The van der Waals surface area contributed by atoms with E-state index in [1.165, 1.54) is 0 Å². The standard InChI is InChI=1S/C19H26ClNO4/c1-13-6-7-14-11-15(20)17(23-2)12-16(14)21(19(13)22)8-10-25-18-5-3-4-9-24-18/h11-13,18H,3-10H2,1-2H3. The predicted octanol–water partition coefficient (Wildman–Crippen LogP) is 3.81. The maximum atomic E-state index is 12.8. The maximum Gasteiger partial charge on any atom is 0.229 e. The molecule has 0 N–H and O–H groups in total. The van der Waals surface area contributed by atoms with E-state index in [-0.39, 0.29) is 18.1 Å². The Morgan fingerprint density at radius 2 is 2.16 bits per heavy atom. The summed E-state index contributed by atoms with van der Waals surface area (Å²) in [5, 5.41) is 0.579. The Morgan fingerprint density at radius 1 is 1.32 bits per heavy atom. The highest BCUT2D eigenvalue weighted by atomic mass is 35.5. The zero-order valence-electron chi connectivity index (χ0n) is 14.9. The first-order valence-electron chi connectivity index (χ1n) is 9.01. The lowest BCUT2D eigenvalue weighted by Crippen LogP contribution is -2.38. The number of nitrogens with zero attached hydrogens (tertiary/aromatic N) is 1. The van der Waals surface area contributed by atoms with Crippen LogP contribution in [0.1, 0.15) is 38.2 Å². The third-order valence-electron chi connectivity index (χ3n) is 4.93. The van der Waals surface area contributed by atoms with E-state index in [4.69, 9.17) is 25.8 Å². The zero-order chi connectivity index (χ0) is 17.8. The Hall–Kier alpha value is -1.30. The van der Waals surface area contributed by atoms with Crippen molar-refractivity contribution in [3.8, 4) is 5.75 Å². The Morgan fingerprint density at radius 3 is 2.88 bits per heavy atom. The molecule has 0 spiro atoms. The van der Waals surface area contributed by atoms with Crippen LogP contribution in [0.4, 0.5) is 5.69 Å². The minimum atomic E-state index is -0.146. The summed E-state index contributed by atoms with van der Waals surface area (Å²) in [6.45, 7) is 3.68. The molecule has 6 heteroatoms. The van der Waals surface area contributed by atoms with Gasteiger partial charge in [-0.05, 0) is 43.7 Å². The minimum Gasteiger partial charge on any atom is -0.495 e. The van der Waals surface area contributed by atoms with Crippen LogP contribution in [0.15, 0.2) is 12.1 Å². The van der Waals surface area contributed by atoms with Gasteiger partial charge in [-0.25, -0.2) is 0 Å². The highest BCUT2D eigenvalue weighted by Gasteiger charge is 2.29. The number of fused-ring (bicyclic) bond motifs is 1. The number of anilines is 1. The van der Waals surface area contributed by atoms with Gasteiger partial charge in [-0.1, -0.05) is 18.5 Å². The summed E-state index contributed by atoms with van der Waals surface area (Å²) in [5.41, 5.74) is 1.96. The van der Waals surface area contributed by atoms with E-state index >= 15 is 0 Å². The van der Waals surface area contributed by atoms with E-state index in [0.717, 1.165) is 50.0 Å². The number of ether oxygens (including phenoxy) is 3. The van der Waals surface area contributed by atoms with Crippen molar-refractivity contribution in [2.75, 3.05) is 31.8 Å². The van der Waals surface area contributed by atoms with Crippen LogP contribution in [0.3, 0.4) is 0 Å². The number of rotatable bonds is 5. The van der Waals surface area contributed by atoms with Gasteiger partial charge in [0.25, 0.3) is 0 Å². The topological polar surface area (TPSA) is 48.0 Å². The van der Waals surface area contributed by atoms with E-state index in [1.54, 1.807) is 7.11 Å². The Labute approximate surface area is 154 Å². The van der Waals surface area contributed by atoms with E-state index < -0.39 is 0 Å². The average molecular weight is 368 g/mol. The van der Waals surface area contributed by atoms with Crippen LogP contribution in [0.5, 0.6) is 5.75 Å². The SMILES string of the molecule is COc1cc2c(cc1Cl)CCC(C)C(=O)N2CCOC1CCCCO1. The van der Waals surface area contributed by atoms with Crippen molar-refractivity contribution in [3.05, 3.63) is 22.7 Å².